The number of aromatic nitrogens is 5. The highest BCUT2D eigenvalue weighted by molar-refractivity contribution is 5.52. The summed E-state index contributed by atoms with van der Waals surface area (Å²) in [4.78, 5) is 7.75. The lowest BCUT2D eigenvalue weighted by molar-refractivity contribution is 0.240. The lowest BCUT2D eigenvalue weighted by atomic mass is 9.77. The van der Waals surface area contributed by atoms with Crippen LogP contribution < -0.4 is 11.1 Å². The number of hydrogen-bond donors (Lipinski definition) is 3. The fourth-order valence-corrected chi connectivity index (χ4v) is 2.57. The predicted octanol–water partition coefficient (Wildman–Crippen LogP) is 1.46. The summed E-state index contributed by atoms with van der Waals surface area (Å²) in [5.41, 5.74) is 6.88. The van der Waals surface area contributed by atoms with Gasteiger partial charge in [0.1, 0.15) is 11.5 Å². The molecule has 0 atom stereocenters. The number of nitrogens with two attached hydrogens (primary N) is 1. The Kier molecular flexibility index (Phi) is 3.21. The molecular formula is C13H21N7. The number of rotatable bonds is 5. The summed E-state index contributed by atoms with van der Waals surface area (Å²) in [6, 6.07) is 0. The van der Waals surface area contributed by atoms with Crippen LogP contribution in [0.5, 0.6) is 0 Å². The van der Waals surface area contributed by atoms with Gasteiger partial charge in [0.2, 0.25) is 5.95 Å². The lowest BCUT2D eigenvalue weighted by Crippen LogP contribution is -2.44. The van der Waals surface area contributed by atoms with Gasteiger partial charge in [-0.1, -0.05) is 0 Å². The second-order valence-corrected chi connectivity index (χ2v) is 5.28. The summed E-state index contributed by atoms with van der Waals surface area (Å²) in [6.07, 6.45) is 4.95. The van der Waals surface area contributed by atoms with E-state index in [1.54, 1.807) is 6.20 Å². The highest BCUT2D eigenvalue weighted by Crippen LogP contribution is 2.37. The molecule has 2 heterocycles. The van der Waals surface area contributed by atoms with Gasteiger partial charge in [-0.25, -0.2) is 4.98 Å². The highest BCUT2D eigenvalue weighted by atomic mass is 15.4. The molecule has 0 bridgehead atoms. The standard InChI is InChI=1S/C13H21N7/c1-3-15-12-19-18-10(20(12)4-2)9-8-16-11(17-9)13(14)6-5-7-13/h8H,3-7,14H2,1-2H3,(H,15,19)(H,16,17). The molecule has 1 saturated carbocycles. The summed E-state index contributed by atoms with van der Waals surface area (Å²) in [5, 5.41) is 11.6. The monoisotopic (exact) mass is 275 g/mol. The van der Waals surface area contributed by atoms with Gasteiger partial charge < -0.3 is 16.0 Å². The molecule has 0 unspecified atom stereocenters. The van der Waals surface area contributed by atoms with E-state index in [-0.39, 0.29) is 5.54 Å². The zero-order chi connectivity index (χ0) is 14.2. The van der Waals surface area contributed by atoms with Crippen LogP contribution in [0.3, 0.4) is 0 Å². The van der Waals surface area contributed by atoms with E-state index in [9.17, 15) is 0 Å². The quantitative estimate of drug-likeness (QED) is 0.767. The fraction of sp³-hybridized carbons (Fsp3) is 0.615. The third-order valence-electron chi connectivity index (χ3n) is 3.94. The Morgan fingerprint density at radius 3 is 2.80 bits per heavy atom. The van der Waals surface area contributed by atoms with E-state index >= 15 is 0 Å². The van der Waals surface area contributed by atoms with E-state index < -0.39 is 0 Å². The second-order valence-electron chi connectivity index (χ2n) is 5.28. The molecule has 2 aromatic heterocycles. The van der Waals surface area contributed by atoms with Crippen LogP contribution in [0.25, 0.3) is 11.5 Å². The first-order chi connectivity index (χ1) is 9.68. The van der Waals surface area contributed by atoms with Gasteiger partial charge in [0.15, 0.2) is 5.82 Å². The zero-order valence-electron chi connectivity index (χ0n) is 12.0. The number of anilines is 1. The minimum absolute atomic E-state index is 0.278. The number of H-pyrrole nitrogens is 1. The number of hydrogen-bond acceptors (Lipinski definition) is 5. The van der Waals surface area contributed by atoms with Crippen LogP contribution >= 0.6 is 0 Å². The summed E-state index contributed by atoms with van der Waals surface area (Å²) in [7, 11) is 0. The lowest BCUT2D eigenvalue weighted by Gasteiger charge is -2.35. The smallest absolute Gasteiger partial charge is 0.224 e. The molecule has 1 aliphatic rings. The van der Waals surface area contributed by atoms with Crippen molar-refractivity contribution in [3.8, 4) is 11.5 Å². The molecule has 0 radical (unpaired) electrons. The van der Waals surface area contributed by atoms with Gasteiger partial charge >= 0.3 is 0 Å². The van der Waals surface area contributed by atoms with Crippen molar-refractivity contribution in [1.29, 1.82) is 0 Å². The molecule has 2 aromatic rings. The first kappa shape index (κ1) is 13.1. The van der Waals surface area contributed by atoms with Crippen molar-refractivity contribution in [3.63, 3.8) is 0 Å². The molecule has 0 saturated heterocycles. The first-order valence-corrected chi connectivity index (χ1v) is 7.19. The minimum atomic E-state index is -0.278. The average Bonchev–Trinajstić information content (AvgIpc) is 3.02. The normalized spacial score (nSPS) is 16.9. The summed E-state index contributed by atoms with van der Waals surface area (Å²) in [5.74, 6) is 2.44. The Balaban J connectivity index is 1.93. The molecule has 0 spiro atoms. The maximum Gasteiger partial charge on any atom is 0.224 e. The van der Waals surface area contributed by atoms with Crippen LogP contribution in [-0.2, 0) is 12.1 Å². The maximum atomic E-state index is 6.29. The number of nitrogens with one attached hydrogen (secondary N) is 2. The summed E-state index contributed by atoms with van der Waals surface area (Å²) >= 11 is 0. The molecule has 7 nitrogen and oxygen atoms in total. The first-order valence-electron chi connectivity index (χ1n) is 7.19. The van der Waals surface area contributed by atoms with Crippen LogP contribution in [-0.4, -0.2) is 31.3 Å². The van der Waals surface area contributed by atoms with E-state index in [2.05, 4.69) is 32.4 Å². The van der Waals surface area contributed by atoms with Crippen molar-refractivity contribution in [2.45, 2.75) is 45.2 Å². The van der Waals surface area contributed by atoms with Gasteiger partial charge in [-0.2, -0.15) is 0 Å². The van der Waals surface area contributed by atoms with Gasteiger partial charge in [0, 0.05) is 13.1 Å². The molecule has 0 aliphatic heterocycles. The Hall–Kier alpha value is -1.89. The van der Waals surface area contributed by atoms with Crippen molar-refractivity contribution in [3.05, 3.63) is 12.0 Å². The Labute approximate surface area is 118 Å². The van der Waals surface area contributed by atoms with Crippen molar-refractivity contribution in [2.75, 3.05) is 11.9 Å². The largest absolute Gasteiger partial charge is 0.355 e. The van der Waals surface area contributed by atoms with Gasteiger partial charge in [0.05, 0.1) is 11.7 Å². The predicted molar refractivity (Wildman–Crippen MR) is 77.2 cm³/mol. The molecule has 4 N–H and O–H groups in total. The molecule has 0 aromatic carbocycles. The zero-order valence-corrected chi connectivity index (χ0v) is 12.0. The third kappa shape index (κ3) is 1.98. The minimum Gasteiger partial charge on any atom is -0.355 e. The SMILES string of the molecule is CCNc1nnc(-c2cnc(C3(N)CCC3)[nH]2)n1CC. The van der Waals surface area contributed by atoms with Gasteiger partial charge in [-0.3, -0.25) is 4.57 Å². The topological polar surface area (TPSA) is 97.4 Å². The van der Waals surface area contributed by atoms with Crippen molar-refractivity contribution in [2.24, 2.45) is 5.73 Å². The number of nitrogens with zero attached hydrogens (tertiary/aromatic N) is 4. The van der Waals surface area contributed by atoms with Gasteiger partial charge in [-0.05, 0) is 33.1 Å². The molecule has 1 aliphatic carbocycles. The van der Waals surface area contributed by atoms with E-state index in [0.29, 0.717) is 0 Å². The molecule has 20 heavy (non-hydrogen) atoms. The van der Waals surface area contributed by atoms with Crippen molar-refractivity contribution >= 4 is 5.95 Å². The Bertz CT molecular complexity index is 594. The van der Waals surface area contributed by atoms with E-state index in [0.717, 1.165) is 49.2 Å². The molecule has 0 amide bonds. The second kappa shape index (κ2) is 4.90. The Morgan fingerprint density at radius 2 is 2.20 bits per heavy atom. The number of imidazole rings is 1. The summed E-state index contributed by atoms with van der Waals surface area (Å²) in [6.45, 7) is 5.73. The van der Waals surface area contributed by atoms with Crippen LogP contribution in [0, 0.1) is 0 Å². The average molecular weight is 275 g/mol. The molecule has 108 valence electrons. The van der Waals surface area contributed by atoms with Crippen molar-refractivity contribution < 1.29 is 0 Å². The van der Waals surface area contributed by atoms with Crippen LogP contribution in [0.15, 0.2) is 6.20 Å². The highest BCUT2D eigenvalue weighted by Gasteiger charge is 2.37. The molecular weight excluding hydrogens is 254 g/mol. The van der Waals surface area contributed by atoms with Crippen LogP contribution in [0.2, 0.25) is 0 Å². The van der Waals surface area contributed by atoms with E-state index in [4.69, 9.17) is 5.73 Å². The van der Waals surface area contributed by atoms with E-state index in [1.807, 2.05) is 11.5 Å². The summed E-state index contributed by atoms with van der Waals surface area (Å²) < 4.78 is 2.03. The number of aromatic amines is 1. The molecule has 7 heteroatoms. The van der Waals surface area contributed by atoms with Crippen molar-refractivity contribution in [1.82, 2.24) is 24.7 Å². The van der Waals surface area contributed by atoms with Crippen LogP contribution in [0.4, 0.5) is 5.95 Å². The van der Waals surface area contributed by atoms with Gasteiger partial charge in [-0.15, -0.1) is 10.2 Å². The molecule has 3 rings (SSSR count). The third-order valence-corrected chi connectivity index (χ3v) is 3.94. The Morgan fingerprint density at radius 1 is 1.40 bits per heavy atom. The van der Waals surface area contributed by atoms with E-state index in [1.165, 1.54) is 6.42 Å². The van der Waals surface area contributed by atoms with Crippen LogP contribution in [0.1, 0.15) is 38.9 Å². The molecule has 1 fully saturated rings. The fourth-order valence-electron chi connectivity index (χ4n) is 2.57. The van der Waals surface area contributed by atoms with Gasteiger partial charge in [0.25, 0.3) is 0 Å². The maximum absolute atomic E-state index is 6.29.